The largest absolute Gasteiger partial charge is 0.508 e. The summed E-state index contributed by atoms with van der Waals surface area (Å²) in [5.74, 6) is 0.349. The minimum atomic E-state index is -0.437. The van der Waals surface area contributed by atoms with Crippen molar-refractivity contribution in [1.82, 2.24) is 9.36 Å². The predicted octanol–water partition coefficient (Wildman–Crippen LogP) is 1.56. The molecule has 1 amide bonds. The number of benzene rings is 1. The van der Waals surface area contributed by atoms with E-state index in [1.807, 2.05) is 0 Å². The minimum Gasteiger partial charge on any atom is -0.508 e. The second-order valence-electron chi connectivity index (χ2n) is 4.43. The van der Waals surface area contributed by atoms with E-state index in [0.29, 0.717) is 16.7 Å². The van der Waals surface area contributed by atoms with E-state index >= 15 is 0 Å². The number of hydrogen-bond acceptors (Lipinski definition) is 7. The zero-order valence-corrected chi connectivity index (χ0v) is 12.3. The number of aliphatic hydroxyl groups is 1. The van der Waals surface area contributed by atoms with Gasteiger partial charge in [-0.25, -0.2) is 4.98 Å². The third kappa shape index (κ3) is 4.14. The van der Waals surface area contributed by atoms with Gasteiger partial charge in [0.2, 0.25) is 5.13 Å². The topological polar surface area (TPSA) is 105 Å². The first-order valence-corrected chi connectivity index (χ1v) is 6.98. The van der Waals surface area contributed by atoms with Crippen LogP contribution in [0.5, 0.6) is 11.5 Å². The Bertz CT molecular complexity index is 644. The van der Waals surface area contributed by atoms with Gasteiger partial charge in [0.25, 0.3) is 5.91 Å². The Hall–Kier alpha value is -2.19. The Labute approximate surface area is 125 Å². The van der Waals surface area contributed by atoms with Gasteiger partial charge >= 0.3 is 0 Å². The number of phenolic OH excluding ortho intramolecular Hbond substituents is 1. The summed E-state index contributed by atoms with van der Waals surface area (Å²) in [7, 11) is 0. The number of carbonyl (C=O) groups is 1. The number of nitrogens with one attached hydrogen (secondary N) is 1. The molecule has 0 aliphatic heterocycles. The van der Waals surface area contributed by atoms with Gasteiger partial charge < -0.3 is 14.9 Å². The molecule has 0 unspecified atom stereocenters. The van der Waals surface area contributed by atoms with Crippen LogP contribution in [0.25, 0.3) is 0 Å². The summed E-state index contributed by atoms with van der Waals surface area (Å²) in [6.07, 6.45) is -0.437. The number of aliphatic hydroxyl groups excluding tert-OH is 1. The molecule has 0 radical (unpaired) electrons. The molecule has 3 N–H and O–H groups in total. The summed E-state index contributed by atoms with van der Waals surface area (Å²) >= 11 is 1.08. The van der Waals surface area contributed by atoms with Crippen LogP contribution in [0.2, 0.25) is 0 Å². The van der Waals surface area contributed by atoms with Crippen molar-refractivity contribution in [3.05, 3.63) is 29.6 Å². The molecule has 0 spiro atoms. The van der Waals surface area contributed by atoms with Crippen LogP contribution in [0.15, 0.2) is 18.2 Å². The number of carbonyl (C=O) groups excluding carboxylic acids is 1. The molecule has 0 saturated carbocycles. The molecule has 1 heterocycles. The highest BCUT2D eigenvalue weighted by molar-refractivity contribution is 7.09. The molecule has 0 saturated heterocycles. The number of ether oxygens (including phenoxy) is 1. The molecule has 0 aliphatic carbocycles. The van der Waals surface area contributed by atoms with Gasteiger partial charge in [-0.2, -0.15) is 4.37 Å². The lowest BCUT2D eigenvalue weighted by Crippen LogP contribution is -2.17. The Balaban J connectivity index is 2.16. The lowest BCUT2D eigenvalue weighted by atomic mass is 10.2. The minimum absolute atomic E-state index is 0.101. The third-order valence-corrected chi connectivity index (χ3v) is 3.22. The summed E-state index contributed by atoms with van der Waals surface area (Å²) in [4.78, 5) is 16.1. The Morgan fingerprint density at radius 1 is 1.48 bits per heavy atom. The molecule has 2 aromatic rings. The number of aromatic hydroxyl groups is 1. The van der Waals surface area contributed by atoms with Crippen molar-refractivity contribution in [2.45, 2.75) is 20.0 Å². The van der Waals surface area contributed by atoms with Crippen LogP contribution in [-0.4, -0.2) is 38.2 Å². The number of aryl methyl sites for hydroxylation is 1. The highest BCUT2D eigenvalue weighted by Crippen LogP contribution is 2.23. The highest BCUT2D eigenvalue weighted by Gasteiger charge is 2.13. The van der Waals surface area contributed by atoms with Gasteiger partial charge in [0.05, 0.1) is 6.61 Å². The maximum atomic E-state index is 12.1. The number of hydrogen-bond donors (Lipinski definition) is 3. The molecular weight excluding hydrogens is 294 g/mol. The molecule has 1 aromatic heterocycles. The molecular formula is C13H15N3O4S. The summed E-state index contributed by atoms with van der Waals surface area (Å²) in [6, 6.07) is 4.17. The van der Waals surface area contributed by atoms with Crippen molar-refractivity contribution in [3.8, 4) is 11.5 Å². The standard InChI is InChI=1S/C13H15N3O4S/c1-7(6-17)20-11-4-9(3-10(18)5-11)12(19)15-13-14-8(2)16-21-13/h3-5,7,17-18H,6H2,1-2H3,(H,14,15,16,19)/t7-/m0/s1. The average molecular weight is 309 g/mol. The molecule has 0 aliphatic rings. The van der Waals surface area contributed by atoms with E-state index in [0.717, 1.165) is 11.5 Å². The van der Waals surface area contributed by atoms with Crippen molar-refractivity contribution in [1.29, 1.82) is 0 Å². The van der Waals surface area contributed by atoms with E-state index in [1.165, 1.54) is 18.2 Å². The number of aromatic nitrogens is 2. The fourth-order valence-electron chi connectivity index (χ4n) is 1.57. The summed E-state index contributed by atoms with van der Waals surface area (Å²) in [5, 5.41) is 21.6. The fraction of sp³-hybridized carbons (Fsp3) is 0.308. The third-order valence-electron chi connectivity index (χ3n) is 2.50. The first-order chi connectivity index (χ1) is 9.97. The van der Waals surface area contributed by atoms with Crippen molar-refractivity contribution < 1.29 is 19.7 Å². The number of phenols is 1. The normalized spacial score (nSPS) is 12.0. The van der Waals surface area contributed by atoms with E-state index in [2.05, 4.69) is 14.7 Å². The molecule has 1 aromatic carbocycles. The van der Waals surface area contributed by atoms with E-state index in [1.54, 1.807) is 13.8 Å². The lowest BCUT2D eigenvalue weighted by Gasteiger charge is -2.13. The molecule has 0 fully saturated rings. The van der Waals surface area contributed by atoms with Crippen LogP contribution in [0.4, 0.5) is 5.13 Å². The maximum Gasteiger partial charge on any atom is 0.257 e. The van der Waals surface area contributed by atoms with Gasteiger partial charge in [-0.05, 0) is 26.0 Å². The van der Waals surface area contributed by atoms with Crippen LogP contribution < -0.4 is 10.1 Å². The Kier molecular flexibility index (Phi) is 4.71. The zero-order valence-electron chi connectivity index (χ0n) is 11.5. The first kappa shape index (κ1) is 15.2. The number of rotatable bonds is 5. The predicted molar refractivity (Wildman–Crippen MR) is 77.9 cm³/mol. The van der Waals surface area contributed by atoms with Crippen LogP contribution >= 0.6 is 11.5 Å². The van der Waals surface area contributed by atoms with E-state index in [9.17, 15) is 9.90 Å². The van der Waals surface area contributed by atoms with Gasteiger partial charge in [0.15, 0.2) is 0 Å². The molecule has 8 heteroatoms. The maximum absolute atomic E-state index is 12.1. The number of amides is 1. The van der Waals surface area contributed by atoms with Crippen LogP contribution in [0, 0.1) is 6.92 Å². The molecule has 112 valence electrons. The van der Waals surface area contributed by atoms with Gasteiger partial charge in [-0.3, -0.25) is 10.1 Å². The van der Waals surface area contributed by atoms with E-state index in [4.69, 9.17) is 9.84 Å². The van der Waals surface area contributed by atoms with E-state index in [-0.39, 0.29) is 17.9 Å². The van der Waals surface area contributed by atoms with Crippen molar-refractivity contribution >= 4 is 22.6 Å². The monoisotopic (exact) mass is 309 g/mol. The highest BCUT2D eigenvalue weighted by atomic mass is 32.1. The smallest absolute Gasteiger partial charge is 0.257 e. The van der Waals surface area contributed by atoms with Crippen molar-refractivity contribution in [2.24, 2.45) is 0 Å². The van der Waals surface area contributed by atoms with Crippen LogP contribution in [0.3, 0.4) is 0 Å². The van der Waals surface area contributed by atoms with Gasteiger partial charge in [0, 0.05) is 23.2 Å². The molecule has 7 nitrogen and oxygen atoms in total. The molecule has 2 rings (SSSR count). The van der Waals surface area contributed by atoms with Gasteiger partial charge in [-0.1, -0.05) is 0 Å². The second-order valence-corrected chi connectivity index (χ2v) is 5.18. The zero-order chi connectivity index (χ0) is 15.4. The molecule has 0 bridgehead atoms. The van der Waals surface area contributed by atoms with Crippen molar-refractivity contribution in [2.75, 3.05) is 11.9 Å². The summed E-state index contributed by atoms with van der Waals surface area (Å²) < 4.78 is 9.34. The Morgan fingerprint density at radius 3 is 2.86 bits per heavy atom. The molecule has 21 heavy (non-hydrogen) atoms. The fourth-order valence-corrected chi connectivity index (χ4v) is 2.14. The number of nitrogens with zero attached hydrogens (tertiary/aromatic N) is 2. The quantitative estimate of drug-likeness (QED) is 0.774. The van der Waals surface area contributed by atoms with Crippen LogP contribution in [0.1, 0.15) is 23.1 Å². The van der Waals surface area contributed by atoms with Crippen molar-refractivity contribution in [3.63, 3.8) is 0 Å². The Morgan fingerprint density at radius 2 is 2.24 bits per heavy atom. The first-order valence-electron chi connectivity index (χ1n) is 6.21. The molecule has 1 atom stereocenters. The van der Waals surface area contributed by atoms with Crippen LogP contribution in [-0.2, 0) is 0 Å². The van der Waals surface area contributed by atoms with Gasteiger partial charge in [0.1, 0.15) is 23.4 Å². The second kappa shape index (κ2) is 6.51. The average Bonchev–Trinajstić information content (AvgIpc) is 2.83. The number of anilines is 1. The SMILES string of the molecule is Cc1nsc(NC(=O)c2cc(O)cc(O[C@@H](C)CO)c2)n1. The summed E-state index contributed by atoms with van der Waals surface area (Å²) in [5.41, 5.74) is 0.225. The lowest BCUT2D eigenvalue weighted by molar-refractivity contribution is 0.102. The van der Waals surface area contributed by atoms with E-state index < -0.39 is 12.0 Å². The summed E-state index contributed by atoms with van der Waals surface area (Å²) in [6.45, 7) is 3.23. The van der Waals surface area contributed by atoms with Gasteiger partial charge in [-0.15, -0.1) is 0 Å².